The zero-order chi connectivity index (χ0) is 39.3. The van der Waals surface area contributed by atoms with Crippen LogP contribution in [-0.4, -0.2) is 115 Å². The van der Waals surface area contributed by atoms with E-state index in [1.807, 2.05) is 0 Å². The summed E-state index contributed by atoms with van der Waals surface area (Å²) in [5, 5.41) is 25.2. The first-order chi connectivity index (χ1) is 25.5. The summed E-state index contributed by atoms with van der Waals surface area (Å²) in [6, 6.07) is 0. The van der Waals surface area contributed by atoms with Crippen molar-refractivity contribution < 1.29 is 15.1 Å². The Morgan fingerprint density at radius 2 is 0.327 bits per heavy atom. The van der Waals surface area contributed by atoms with Gasteiger partial charge in [0.05, 0.1) is 0 Å². The summed E-state index contributed by atoms with van der Waals surface area (Å²) in [7, 11) is -2.92. The fraction of sp³-hybridized carbons (Fsp3) is 1.00. The Hall–Kier alpha value is 3.72. The van der Waals surface area contributed by atoms with E-state index in [2.05, 4.69) is 20.8 Å². The fourth-order valence-electron chi connectivity index (χ4n) is 6.58. The number of rotatable bonds is 39. The maximum atomic E-state index is 8.42. The average molecular weight is 813 g/mol. The number of hydrogen-bond donors (Lipinski definition) is 0. The van der Waals surface area contributed by atoms with Crippen LogP contribution < -0.4 is 15.1 Å². The fourth-order valence-corrected chi connectivity index (χ4v) is 8.24. The third kappa shape index (κ3) is 81.8. The molecule has 0 fully saturated rings. The molecule has 0 N–H and O–H groups in total. The first kappa shape index (κ1) is 62.4. The van der Waals surface area contributed by atoms with Gasteiger partial charge < -0.3 is 15.1 Å². The molecule has 0 radical (unpaired) electrons. The molecule has 52 heavy (non-hydrogen) atoms. The summed E-state index contributed by atoms with van der Waals surface area (Å²) in [6.07, 6.45) is 57.6. The molecule has 0 bridgehead atoms. The van der Waals surface area contributed by atoms with Crippen LogP contribution in [0.4, 0.5) is 0 Å². The summed E-state index contributed by atoms with van der Waals surface area (Å²) in [5.74, 6) is 0. The van der Waals surface area contributed by atoms with E-state index in [-0.39, 0.29) is 0 Å². The second-order valence-corrected chi connectivity index (χ2v) is 18.9. The van der Waals surface area contributed by atoms with Crippen molar-refractivity contribution in [2.24, 2.45) is 0 Å². The van der Waals surface area contributed by atoms with Crippen LogP contribution in [0.3, 0.4) is 0 Å². The van der Waals surface area contributed by atoms with Crippen LogP contribution in [0.2, 0.25) is 7.55 Å². The van der Waals surface area contributed by atoms with Crippen molar-refractivity contribution in [3.8, 4) is 0 Å². The smallest absolute Gasteiger partial charge is 0.278 e. The first-order valence-electron chi connectivity index (χ1n) is 23.8. The van der Waals surface area contributed by atoms with E-state index < -0.39 is 7.32 Å². The minimum atomic E-state index is -2.92. The third-order valence-corrected chi connectivity index (χ3v) is 12.4. The standard InChI is InChI=1S/3C15H31.BO3.3Ca/c3*1-3-5-7-9-11-13-15-14-12-10-8-6-4-2;2-1(3)4;;;/h3*1,3-15H2,2H3;;;;/q;;;-3;3*+1. The van der Waals surface area contributed by atoms with Crippen molar-refractivity contribution in [2.75, 3.05) is 0 Å². The zero-order valence-corrected chi connectivity index (χ0v) is 43.2. The van der Waals surface area contributed by atoms with E-state index >= 15 is 0 Å². The van der Waals surface area contributed by atoms with Gasteiger partial charge in [0.25, 0.3) is 0 Å². The Morgan fingerprint density at radius 3 is 0.423 bits per heavy atom. The summed E-state index contributed by atoms with van der Waals surface area (Å²) >= 11 is 4.49. The van der Waals surface area contributed by atoms with Crippen molar-refractivity contribution in [1.29, 1.82) is 0 Å². The normalized spacial score (nSPS) is 10.6. The van der Waals surface area contributed by atoms with Crippen LogP contribution in [0.5, 0.6) is 0 Å². The van der Waals surface area contributed by atoms with E-state index in [0.717, 1.165) is 0 Å². The summed E-state index contributed by atoms with van der Waals surface area (Å²) in [4.78, 5) is 0. The van der Waals surface area contributed by atoms with E-state index in [1.165, 1.54) is 365 Å². The Labute approximate surface area is 402 Å². The topological polar surface area (TPSA) is 69.2 Å². The molecule has 0 aliphatic carbocycles. The van der Waals surface area contributed by atoms with Gasteiger partial charge in [-0.25, -0.2) is 0 Å². The molecule has 0 heterocycles. The van der Waals surface area contributed by atoms with Gasteiger partial charge in [0.1, 0.15) is 0 Å². The summed E-state index contributed by atoms with van der Waals surface area (Å²) < 4.78 is 4.49. The van der Waals surface area contributed by atoms with Crippen LogP contribution in [0, 0.1) is 0 Å². The minimum Gasteiger partial charge on any atom is -0.907 e. The van der Waals surface area contributed by atoms with Gasteiger partial charge in [-0.15, -0.1) is 0 Å². The second kappa shape index (κ2) is 66.5. The molecule has 0 amide bonds. The predicted molar refractivity (Wildman–Crippen MR) is 235 cm³/mol. The van der Waals surface area contributed by atoms with Gasteiger partial charge >= 0.3 is 327 Å². The SMILES string of the molecule is CCCCCCCCCCCCCC[CH2][Ca+].CCCCCCCCCCCCCC[CH2][Ca+].CCCCCCCCCCCCCC[CH2][Ca+].[O-]B([O-])[O-]. The maximum Gasteiger partial charge on any atom is -0.278 e. The van der Waals surface area contributed by atoms with E-state index in [0.29, 0.717) is 0 Å². The third-order valence-electron chi connectivity index (χ3n) is 10.1. The summed E-state index contributed by atoms with van der Waals surface area (Å²) in [5.41, 5.74) is 0. The average Bonchev–Trinajstić information content (AvgIpc) is 3.13. The van der Waals surface area contributed by atoms with Gasteiger partial charge in [0, 0.05) is 0 Å². The molecular weight excluding hydrogens is 720 g/mol. The molecule has 0 spiro atoms. The molecule has 0 aromatic carbocycles. The monoisotopic (exact) mass is 813 g/mol. The van der Waals surface area contributed by atoms with Gasteiger partial charge in [-0.05, 0) is 0 Å². The molecule has 0 atom stereocenters. The van der Waals surface area contributed by atoms with Crippen molar-refractivity contribution in [3.05, 3.63) is 0 Å². The zero-order valence-electron chi connectivity index (χ0n) is 36.6. The summed E-state index contributed by atoms with van der Waals surface area (Å²) in [6.45, 7) is 6.88. The molecule has 0 rings (SSSR count). The van der Waals surface area contributed by atoms with Crippen molar-refractivity contribution in [2.45, 2.75) is 279 Å². The Balaban J connectivity index is -0.000000315. The Kier molecular flexibility index (Phi) is 79.8. The van der Waals surface area contributed by atoms with Crippen LogP contribution >= 0.6 is 0 Å². The van der Waals surface area contributed by atoms with Gasteiger partial charge in [-0.2, -0.15) is 0 Å². The predicted octanol–water partition coefficient (Wildman–Crippen LogP) is 13.0. The largest absolute Gasteiger partial charge is 0.907 e. The second-order valence-electron chi connectivity index (χ2n) is 15.6. The molecule has 3 nitrogen and oxygen atoms in total. The molecule has 0 saturated heterocycles. The van der Waals surface area contributed by atoms with Gasteiger partial charge in [-0.3, -0.25) is 7.32 Å². The number of unbranched alkanes of at least 4 members (excludes halogenated alkanes) is 36. The molecule has 0 aliphatic heterocycles. The first-order valence-corrected chi connectivity index (χ1v) is 28.5. The minimum absolute atomic E-state index is 1.38. The Morgan fingerprint density at radius 1 is 0.231 bits per heavy atom. The quantitative estimate of drug-likeness (QED) is 0.0458. The van der Waals surface area contributed by atoms with Crippen molar-refractivity contribution in [3.63, 3.8) is 0 Å². The van der Waals surface area contributed by atoms with E-state index in [1.54, 1.807) is 0 Å². The molecule has 0 aromatic heterocycles. The van der Waals surface area contributed by atoms with E-state index in [4.69, 9.17) is 15.1 Å². The molecule has 0 aromatic rings. The molecule has 300 valence electrons. The van der Waals surface area contributed by atoms with Crippen LogP contribution in [0.1, 0.15) is 271 Å². The molecule has 0 aliphatic rings. The van der Waals surface area contributed by atoms with Crippen LogP contribution in [0.25, 0.3) is 0 Å². The molecule has 0 saturated carbocycles. The molecule has 7 heteroatoms. The number of hydrogen-bond acceptors (Lipinski definition) is 3. The van der Waals surface area contributed by atoms with Gasteiger partial charge in [0.2, 0.25) is 0 Å². The Bertz CT molecular complexity index is 421. The van der Waals surface area contributed by atoms with Gasteiger partial charge in [-0.1, -0.05) is 59.3 Å². The maximum absolute atomic E-state index is 8.42. The van der Waals surface area contributed by atoms with Crippen LogP contribution in [-0.2, 0) is 0 Å². The van der Waals surface area contributed by atoms with Crippen molar-refractivity contribution in [1.82, 2.24) is 0 Å². The van der Waals surface area contributed by atoms with Crippen LogP contribution in [0.15, 0.2) is 0 Å². The van der Waals surface area contributed by atoms with Crippen molar-refractivity contribution >= 4 is 115 Å². The van der Waals surface area contributed by atoms with Gasteiger partial charge in [0.15, 0.2) is 0 Å². The molecule has 0 unspecified atom stereocenters. The molecular formula is C45H93BCa3O3. The van der Waals surface area contributed by atoms with E-state index in [9.17, 15) is 0 Å².